The Bertz CT molecular complexity index is 942. The first-order valence-corrected chi connectivity index (χ1v) is 11.6. The van der Waals surface area contributed by atoms with Crippen molar-refractivity contribution in [1.29, 1.82) is 0 Å². The number of benzene rings is 2. The Kier molecular flexibility index (Phi) is 6.23. The highest BCUT2D eigenvalue weighted by Gasteiger charge is 2.43. The lowest BCUT2D eigenvalue weighted by Gasteiger charge is -2.47. The van der Waals surface area contributed by atoms with E-state index in [-0.39, 0.29) is 42.8 Å². The van der Waals surface area contributed by atoms with Crippen LogP contribution in [0.4, 0.5) is 4.79 Å². The molecule has 0 N–H and O–H groups in total. The fourth-order valence-corrected chi connectivity index (χ4v) is 5.31. The van der Waals surface area contributed by atoms with E-state index in [0.717, 1.165) is 30.4 Å². The van der Waals surface area contributed by atoms with Gasteiger partial charge >= 0.3 is 6.09 Å². The van der Waals surface area contributed by atoms with Gasteiger partial charge in [-0.15, -0.1) is 0 Å². The number of ketones is 1. The molecule has 5 rings (SSSR count). The molecule has 0 saturated carbocycles. The fraction of sp³-hybridized carbons (Fsp3) is 0.462. The summed E-state index contributed by atoms with van der Waals surface area (Å²) in [6, 6.07) is 17.5. The molecule has 3 saturated heterocycles. The average molecular weight is 436 g/mol. The second-order valence-corrected chi connectivity index (χ2v) is 8.92. The molecular weight excluding hydrogens is 406 g/mol. The number of rotatable bonds is 5. The van der Waals surface area contributed by atoms with Gasteiger partial charge in [-0.1, -0.05) is 48.5 Å². The van der Waals surface area contributed by atoms with Gasteiger partial charge in [0.1, 0.15) is 6.61 Å². The van der Waals surface area contributed by atoms with Crippen molar-refractivity contribution < 1.29 is 23.8 Å². The summed E-state index contributed by atoms with van der Waals surface area (Å²) < 4.78 is 16.8. The highest BCUT2D eigenvalue weighted by Crippen LogP contribution is 2.39. The van der Waals surface area contributed by atoms with Crippen molar-refractivity contribution in [3.8, 4) is 0 Å². The highest BCUT2D eigenvalue weighted by atomic mass is 16.7. The smallest absolute Gasteiger partial charge is 0.410 e. The van der Waals surface area contributed by atoms with E-state index in [1.54, 1.807) is 0 Å². The monoisotopic (exact) mass is 435 g/mol. The zero-order chi connectivity index (χ0) is 21.9. The van der Waals surface area contributed by atoms with Crippen LogP contribution in [0, 0.1) is 5.92 Å². The molecule has 168 valence electrons. The summed E-state index contributed by atoms with van der Waals surface area (Å²) in [6.07, 6.45) is 3.67. The predicted molar refractivity (Wildman–Crippen MR) is 118 cm³/mol. The highest BCUT2D eigenvalue weighted by molar-refractivity contribution is 5.98. The van der Waals surface area contributed by atoms with E-state index in [2.05, 4.69) is 0 Å². The molecule has 3 aliphatic rings. The van der Waals surface area contributed by atoms with E-state index in [9.17, 15) is 9.59 Å². The molecule has 3 fully saturated rings. The SMILES string of the molecule is O=C(c1cccc(C2OCCO2)c1)C1CC2CCCC(C1)N2C(=O)OCc1ccccc1. The molecule has 0 spiro atoms. The molecule has 0 radical (unpaired) electrons. The maximum absolute atomic E-state index is 13.4. The number of Topliss-reactive ketones (excluding diaryl/α,β-unsaturated/α-hetero) is 1. The first-order chi connectivity index (χ1) is 15.7. The van der Waals surface area contributed by atoms with E-state index >= 15 is 0 Å². The van der Waals surface area contributed by atoms with Gasteiger partial charge in [-0.2, -0.15) is 0 Å². The van der Waals surface area contributed by atoms with Crippen LogP contribution in [-0.2, 0) is 20.8 Å². The first kappa shape index (κ1) is 21.2. The average Bonchev–Trinajstić information content (AvgIpc) is 3.37. The third kappa shape index (κ3) is 4.43. The van der Waals surface area contributed by atoms with Crippen LogP contribution in [0.15, 0.2) is 54.6 Å². The molecule has 6 nitrogen and oxygen atoms in total. The lowest BCUT2D eigenvalue weighted by molar-refractivity contribution is -0.0441. The van der Waals surface area contributed by atoms with Crippen LogP contribution >= 0.6 is 0 Å². The lowest BCUT2D eigenvalue weighted by atomic mass is 9.75. The van der Waals surface area contributed by atoms with E-state index in [1.165, 1.54) is 0 Å². The summed E-state index contributed by atoms with van der Waals surface area (Å²) in [7, 11) is 0. The topological polar surface area (TPSA) is 65.1 Å². The largest absolute Gasteiger partial charge is 0.445 e. The Balaban J connectivity index is 1.25. The summed E-state index contributed by atoms with van der Waals surface area (Å²) in [6.45, 7) is 1.42. The van der Waals surface area contributed by atoms with Crippen molar-refractivity contribution >= 4 is 11.9 Å². The van der Waals surface area contributed by atoms with Crippen molar-refractivity contribution in [1.82, 2.24) is 4.90 Å². The van der Waals surface area contributed by atoms with Crippen molar-refractivity contribution in [2.24, 2.45) is 5.92 Å². The normalized spacial score (nSPS) is 25.5. The summed E-state index contributed by atoms with van der Waals surface area (Å²) in [5.74, 6) is 0.0724. The van der Waals surface area contributed by atoms with Crippen LogP contribution in [0.5, 0.6) is 0 Å². The fourth-order valence-electron chi connectivity index (χ4n) is 5.31. The number of piperidine rings is 2. The van der Waals surface area contributed by atoms with Gasteiger partial charge in [0.05, 0.1) is 13.2 Å². The minimum atomic E-state index is -0.386. The van der Waals surface area contributed by atoms with Gasteiger partial charge in [0.25, 0.3) is 0 Å². The van der Waals surface area contributed by atoms with Crippen LogP contribution in [-0.4, -0.2) is 42.1 Å². The Morgan fingerprint density at radius 1 is 0.938 bits per heavy atom. The Labute approximate surface area is 188 Å². The molecule has 6 heteroatoms. The van der Waals surface area contributed by atoms with Crippen LogP contribution in [0.25, 0.3) is 0 Å². The predicted octanol–water partition coefficient (Wildman–Crippen LogP) is 4.88. The molecule has 1 amide bonds. The van der Waals surface area contributed by atoms with E-state index in [1.807, 2.05) is 59.5 Å². The standard InChI is InChI=1S/C26H29NO5/c28-24(19-8-4-9-20(14-19)25-30-12-13-31-25)21-15-22-10-5-11-23(16-21)27(22)26(29)32-17-18-6-2-1-3-7-18/h1-4,6-9,14,21-23,25H,5,10-13,15-17H2. The van der Waals surface area contributed by atoms with Crippen LogP contribution in [0.3, 0.4) is 0 Å². The second-order valence-electron chi connectivity index (χ2n) is 8.92. The van der Waals surface area contributed by atoms with E-state index < -0.39 is 0 Å². The molecule has 2 aromatic rings. The molecular formula is C26H29NO5. The Morgan fingerprint density at radius 3 is 2.38 bits per heavy atom. The maximum atomic E-state index is 13.4. The van der Waals surface area contributed by atoms with Crippen molar-refractivity contribution in [2.45, 2.75) is 57.1 Å². The third-order valence-corrected chi connectivity index (χ3v) is 6.83. The van der Waals surface area contributed by atoms with Crippen molar-refractivity contribution in [2.75, 3.05) is 13.2 Å². The first-order valence-electron chi connectivity index (χ1n) is 11.6. The van der Waals surface area contributed by atoms with Gasteiger partial charge in [0.15, 0.2) is 12.1 Å². The van der Waals surface area contributed by atoms with Gasteiger partial charge in [-0.05, 0) is 43.7 Å². The van der Waals surface area contributed by atoms with Crippen molar-refractivity contribution in [3.05, 3.63) is 71.3 Å². The zero-order valence-corrected chi connectivity index (χ0v) is 18.2. The van der Waals surface area contributed by atoms with Crippen LogP contribution in [0.1, 0.15) is 59.9 Å². The summed E-state index contributed by atoms with van der Waals surface area (Å²) in [5, 5.41) is 0. The number of hydrogen-bond acceptors (Lipinski definition) is 5. The van der Waals surface area contributed by atoms with E-state index in [4.69, 9.17) is 14.2 Å². The molecule has 2 unspecified atom stereocenters. The molecule has 32 heavy (non-hydrogen) atoms. The lowest BCUT2D eigenvalue weighted by Crippen LogP contribution is -2.55. The van der Waals surface area contributed by atoms with Gasteiger partial charge in [-0.25, -0.2) is 4.79 Å². The molecule has 2 bridgehead atoms. The summed E-state index contributed by atoms with van der Waals surface area (Å²) in [5.41, 5.74) is 2.56. The van der Waals surface area contributed by atoms with E-state index in [0.29, 0.717) is 31.6 Å². The van der Waals surface area contributed by atoms with Crippen molar-refractivity contribution in [3.63, 3.8) is 0 Å². The maximum Gasteiger partial charge on any atom is 0.410 e. The summed E-state index contributed by atoms with van der Waals surface area (Å²) in [4.78, 5) is 28.2. The van der Waals surface area contributed by atoms with Gasteiger partial charge in [0.2, 0.25) is 0 Å². The molecule has 2 aromatic carbocycles. The van der Waals surface area contributed by atoms with Crippen LogP contribution in [0.2, 0.25) is 0 Å². The molecule has 3 aliphatic heterocycles. The molecule has 2 atom stereocenters. The number of carbonyl (C=O) groups excluding carboxylic acids is 2. The van der Waals surface area contributed by atoms with Gasteiger partial charge in [-0.3, -0.25) is 4.79 Å². The zero-order valence-electron chi connectivity index (χ0n) is 18.2. The number of carbonyl (C=O) groups is 2. The Morgan fingerprint density at radius 2 is 1.66 bits per heavy atom. The van der Waals surface area contributed by atoms with Crippen LogP contribution < -0.4 is 0 Å². The molecule has 3 heterocycles. The Hall–Kier alpha value is -2.70. The molecule has 0 aliphatic carbocycles. The quantitative estimate of drug-likeness (QED) is 0.626. The third-order valence-electron chi connectivity index (χ3n) is 6.83. The second kappa shape index (κ2) is 9.43. The number of amides is 1. The number of ether oxygens (including phenoxy) is 3. The number of fused-ring (bicyclic) bond motifs is 2. The van der Waals surface area contributed by atoms with Gasteiger partial charge < -0.3 is 19.1 Å². The molecule has 0 aromatic heterocycles. The number of nitrogens with zero attached hydrogens (tertiary/aromatic N) is 1. The number of hydrogen-bond donors (Lipinski definition) is 0. The summed E-state index contributed by atoms with van der Waals surface area (Å²) >= 11 is 0. The minimum Gasteiger partial charge on any atom is -0.445 e. The minimum absolute atomic E-state index is 0.0596. The van der Waals surface area contributed by atoms with Gasteiger partial charge in [0, 0.05) is 29.1 Å².